The predicted octanol–water partition coefficient (Wildman–Crippen LogP) is 3.43. The molecule has 1 aromatic carbocycles. The molecule has 3 aromatic rings. The SMILES string of the molecule is CC[C@H]1CN(C(CNCCC#N)c2ccc(C)cc2)[C@H](CC)CN1c1nc(=O)n(C)c2ccc(C#N)nc12. The van der Waals surface area contributed by atoms with Crippen molar-refractivity contribution >= 4 is 16.9 Å². The fourth-order valence-corrected chi connectivity index (χ4v) is 5.40. The van der Waals surface area contributed by atoms with Crippen LogP contribution in [0.25, 0.3) is 11.0 Å². The van der Waals surface area contributed by atoms with Crippen molar-refractivity contribution < 1.29 is 0 Å². The average Bonchev–Trinajstić information content (AvgIpc) is 2.94. The van der Waals surface area contributed by atoms with Gasteiger partial charge in [0.05, 0.1) is 11.6 Å². The van der Waals surface area contributed by atoms with E-state index in [1.165, 1.54) is 15.7 Å². The van der Waals surface area contributed by atoms with Gasteiger partial charge in [-0.15, -0.1) is 0 Å². The zero-order valence-corrected chi connectivity index (χ0v) is 22.7. The second-order valence-electron chi connectivity index (χ2n) is 9.97. The van der Waals surface area contributed by atoms with Gasteiger partial charge in [0.1, 0.15) is 17.3 Å². The molecule has 1 aliphatic heterocycles. The number of nitrogens with zero attached hydrogens (tertiary/aromatic N) is 7. The highest BCUT2D eigenvalue weighted by atomic mass is 16.1. The first-order chi connectivity index (χ1) is 18.4. The highest BCUT2D eigenvalue weighted by Gasteiger charge is 2.38. The molecule has 1 unspecified atom stereocenters. The van der Waals surface area contributed by atoms with Gasteiger partial charge in [-0.25, -0.2) is 9.78 Å². The Kier molecular flexibility index (Phi) is 8.73. The van der Waals surface area contributed by atoms with Crippen molar-refractivity contribution in [1.29, 1.82) is 10.5 Å². The summed E-state index contributed by atoms with van der Waals surface area (Å²) in [5.41, 5.74) is 3.70. The van der Waals surface area contributed by atoms with Gasteiger partial charge in [0.2, 0.25) is 0 Å². The molecule has 4 rings (SSSR count). The molecule has 3 heterocycles. The molecule has 0 bridgehead atoms. The number of piperazine rings is 1. The van der Waals surface area contributed by atoms with E-state index in [0.717, 1.165) is 25.9 Å². The number of nitrogens with one attached hydrogen (secondary N) is 1. The number of aryl methyl sites for hydroxylation is 2. The number of hydrogen-bond acceptors (Lipinski definition) is 8. The number of pyridine rings is 1. The van der Waals surface area contributed by atoms with Crippen LogP contribution in [0.4, 0.5) is 5.82 Å². The number of anilines is 1. The van der Waals surface area contributed by atoms with Gasteiger partial charge in [-0.2, -0.15) is 15.5 Å². The molecule has 38 heavy (non-hydrogen) atoms. The number of nitriles is 2. The first-order valence-electron chi connectivity index (χ1n) is 13.4. The Hall–Kier alpha value is -3.79. The van der Waals surface area contributed by atoms with E-state index in [2.05, 4.69) is 82.3 Å². The highest BCUT2D eigenvalue weighted by molar-refractivity contribution is 5.86. The van der Waals surface area contributed by atoms with Crippen LogP contribution in [-0.4, -0.2) is 57.7 Å². The third kappa shape index (κ3) is 5.55. The quantitative estimate of drug-likeness (QED) is 0.434. The van der Waals surface area contributed by atoms with E-state index in [9.17, 15) is 10.1 Å². The van der Waals surface area contributed by atoms with E-state index in [1.807, 2.05) is 0 Å². The summed E-state index contributed by atoms with van der Waals surface area (Å²) in [5.74, 6) is 0.559. The van der Waals surface area contributed by atoms with Crippen molar-refractivity contribution in [1.82, 2.24) is 24.8 Å². The molecule has 9 heteroatoms. The lowest BCUT2D eigenvalue weighted by Crippen LogP contribution is -2.60. The fourth-order valence-electron chi connectivity index (χ4n) is 5.40. The molecule has 0 saturated carbocycles. The van der Waals surface area contributed by atoms with Crippen LogP contribution < -0.4 is 15.9 Å². The Labute approximate surface area is 224 Å². The van der Waals surface area contributed by atoms with E-state index >= 15 is 0 Å². The first-order valence-corrected chi connectivity index (χ1v) is 13.4. The normalized spacial score (nSPS) is 18.7. The molecule has 9 nitrogen and oxygen atoms in total. The number of fused-ring (bicyclic) bond motifs is 1. The van der Waals surface area contributed by atoms with Gasteiger partial charge < -0.3 is 10.2 Å². The molecule has 0 spiro atoms. The molecular formula is C29H36N8O. The monoisotopic (exact) mass is 512 g/mol. The van der Waals surface area contributed by atoms with Crippen LogP contribution in [0, 0.1) is 29.6 Å². The summed E-state index contributed by atoms with van der Waals surface area (Å²) in [7, 11) is 1.69. The molecule has 1 aliphatic rings. The van der Waals surface area contributed by atoms with Gasteiger partial charge >= 0.3 is 5.69 Å². The molecule has 3 atom stereocenters. The smallest absolute Gasteiger partial charge is 0.349 e. The molecule has 1 fully saturated rings. The molecule has 0 radical (unpaired) electrons. The Morgan fingerprint density at radius 2 is 1.79 bits per heavy atom. The maximum Gasteiger partial charge on any atom is 0.349 e. The van der Waals surface area contributed by atoms with E-state index in [1.54, 1.807) is 19.2 Å². The Balaban J connectivity index is 1.73. The second-order valence-corrected chi connectivity index (χ2v) is 9.97. The summed E-state index contributed by atoms with van der Waals surface area (Å²) in [6.07, 6.45) is 2.27. The number of benzene rings is 1. The van der Waals surface area contributed by atoms with Crippen LogP contribution in [0.2, 0.25) is 0 Å². The van der Waals surface area contributed by atoms with E-state index in [4.69, 9.17) is 5.26 Å². The molecule has 198 valence electrons. The number of rotatable bonds is 9. The molecule has 1 N–H and O–H groups in total. The molecule has 0 aliphatic carbocycles. The van der Waals surface area contributed by atoms with Gasteiger partial charge in [-0.3, -0.25) is 9.47 Å². The van der Waals surface area contributed by atoms with Gasteiger partial charge in [0, 0.05) is 57.8 Å². The highest BCUT2D eigenvalue weighted by Crippen LogP contribution is 2.33. The van der Waals surface area contributed by atoms with E-state index < -0.39 is 0 Å². The van der Waals surface area contributed by atoms with Crippen molar-refractivity contribution in [3.63, 3.8) is 0 Å². The summed E-state index contributed by atoms with van der Waals surface area (Å²) < 4.78 is 1.49. The largest absolute Gasteiger partial charge is 0.349 e. The van der Waals surface area contributed by atoms with Crippen LogP contribution in [0.1, 0.15) is 56.0 Å². The second kappa shape index (κ2) is 12.2. The lowest BCUT2D eigenvalue weighted by Gasteiger charge is -2.49. The maximum atomic E-state index is 12.8. The van der Waals surface area contributed by atoms with Crippen molar-refractivity contribution in [2.75, 3.05) is 31.1 Å². The minimum absolute atomic E-state index is 0.111. The Morgan fingerprint density at radius 3 is 2.45 bits per heavy atom. The summed E-state index contributed by atoms with van der Waals surface area (Å²) in [6, 6.07) is 16.9. The Morgan fingerprint density at radius 1 is 1.05 bits per heavy atom. The Bertz CT molecular complexity index is 1400. The third-order valence-electron chi connectivity index (χ3n) is 7.62. The maximum absolute atomic E-state index is 12.8. The molecule has 1 saturated heterocycles. The zero-order chi connectivity index (χ0) is 27.2. The average molecular weight is 513 g/mol. The van der Waals surface area contributed by atoms with Crippen LogP contribution >= 0.6 is 0 Å². The zero-order valence-electron chi connectivity index (χ0n) is 22.7. The van der Waals surface area contributed by atoms with Crippen LogP contribution in [0.15, 0.2) is 41.2 Å². The first kappa shape index (κ1) is 27.3. The minimum atomic E-state index is -0.330. The van der Waals surface area contributed by atoms with Crippen molar-refractivity contribution in [2.24, 2.45) is 7.05 Å². The van der Waals surface area contributed by atoms with Crippen LogP contribution in [0.5, 0.6) is 0 Å². The summed E-state index contributed by atoms with van der Waals surface area (Å²) >= 11 is 0. The van der Waals surface area contributed by atoms with Crippen molar-refractivity contribution in [3.05, 3.63) is 63.7 Å². The topological polar surface area (TPSA) is 114 Å². The summed E-state index contributed by atoms with van der Waals surface area (Å²) in [4.78, 5) is 26.7. The van der Waals surface area contributed by atoms with Gasteiger partial charge in [-0.05, 0) is 37.5 Å². The number of hydrogen-bond donors (Lipinski definition) is 1. The van der Waals surface area contributed by atoms with E-state index in [0.29, 0.717) is 42.1 Å². The van der Waals surface area contributed by atoms with Crippen molar-refractivity contribution in [2.45, 2.75) is 58.2 Å². The number of aromatic nitrogens is 3. The van der Waals surface area contributed by atoms with Gasteiger partial charge in [-0.1, -0.05) is 43.7 Å². The van der Waals surface area contributed by atoms with Crippen LogP contribution in [-0.2, 0) is 7.05 Å². The summed E-state index contributed by atoms with van der Waals surface area (Å²) in [6.45, 7) is 9.34. The minimum Gasteiger partial charge on any atom is -0.349 e. The predicted molar refractivity (Wildman–Crippen MR) is 149 cm³/mol. The molecule has 0 amide bonds. The lowest BCUT2D eigenvalue weighted by atomic mass is 9.95. The van der Waals surface area contributed by atoms with Crippen molar-refractivity contribution in [3.8, 4) is 12.1 Å². The fraction of sp³-hybridized carbons (Fsp3) is 0.483. The van der Waals surface area contributed by atoms with Gasteiger partial charge in [0.25, 0.3) is 0 Å². The summed E-state index contributed by atoms with van der Waals surface area (Å²) in [5, 5.41) is 22.0. The lowest BCUT2D eigenvalue weighted by molar-refractivity contribution is 0.0912. The standard InChI is InChI=1S/C29H36N8O/c1-5-23-19-37(28-27-25(35(4)29(38)34-28)13-12-22(16-31)33-27)24(6-2)18-36(23)26(17-32-15-7-14-30)21-10-8-20(3)9-11-21/h8-13,23-24,26,32H,5-7,15,17-19H2,1-4H3/t23-,24+,26?/m1/s1. The van der Waals surface area contributed by atoms with Gasteiger partial charge in [0.15, 0.2) is 5.82 Å². The van der Waals surface area contributed by atoms with E-state index in [-0.39, 0.29) is 23.8 Å². The van der Waals surface area contributed by atoms with Crippen LogP contribution in [0.3, 0.4) is 0 Å². The third-order valence-corrected chi connectivity index (χ3v) is 7.62. The molecule has 2 aromatic heterocycles. The molecular weight excluding hydrogens is 476 g/mol.